The summed E-state index contributed by atoms with van der Waals surface area (Å²) < 4.78 is 33.7. The third-order valence-electron chi connectivity index (χ3n) is 4.95. The van der Waals surface area contributed by atoms with Crippen LogP contribution >= 0.6 is 0 Å². The lowest BCUT2D eigenvalue weighted by Crippen LogP contribution is -2.38. The van der Waals surface area contributed by atoms with Gasteiger partial charge in [-0.2, -0.15) is 0 Å². The van der Waals surface area contributed by atoms with E-state index in [1.165, 1.54) is 0 Å². The van der Waals surface area contributed by atoms with Crippen molar-refractivity contribution in [3.05, 3.63) is 47.7 Å². The van der Waals surface area contributed by atoms with Crippen LogP contribution in [0.15, 0.2) is 40.8 Å². The van der Waals surface area contributed by atoms with Gasteiger partial charge in [-0.05, 0) is 18.7 Å². The fraction of sp³-hybridized carbons (Fsp3) is 0.300. The number of hydrogen-bond acceptors (Lipinski definition) is 6. The summed E-state index contributed by atoms with van der Waals surface area (Å²) in [5.41, 5.74) is 1.25. The van der Waals surface area contributed by atoms with Crippen molar-refractivity contribution in [2.45, 2.75) is 19.4 Å². The van der Waals surface area contributed by atoms with E-state index >= 15 is 0 Å². The van der Waals surface area contributed by atoms with E-state index in [2.05, 4.69) is 5.32 Å². The molecule has 28 heavy (non-hydrogen) atoms. The van der Waals surface area contributed by atoms with Gasteiger partial charge in [0, 0.05) is 22.4 Å². The Bertz CT molecular complexity index is 1190. The summed E-state index contributed by atoms with van der Waals surface area (Å²) in [6.45, 7) is 1.27. The molecule has 7 nitrogen and oxygen atoms in total. The van der Waals surface area contributed by atoms with E-state index in [-0.39, 0.29) is 17.3 Å². The fourth-order valence-electron chi connectivity index (χ4n) is 3.52. The molecule has 1 saturated heterocycles. The van der Waals surface area contributed by atoms with Crippen LogP contribution < -0.4 is 5.32 Å². The number of carbonyl (C=O) groups excluding carboxylic acids is 2. The van der Waals surface area contributed by atoms with Gasteiger partial charge in [-0.1, -0.05) is 36.4 Å². The molecule has 1 aliphatic rings. The average Bonchev–Trinajstić information content (AvgIpc) is 3.19. The molecule has 0 aliphatic carbocycles. The van der Waals surface area contributed by atoms with Gasteiger partial charge < -0.3 is 14.5 Å². The summed E-state index contributed by atoms with van der Waals surface area (Å²) in [5.74, 6) is -1.23. The number of furan rings is 1. The minimum absolute atomic E-state index is 0.0580. The molecule has 2 heterocycles. The molecule has 8 heteroatoms. The Morgan fingerprint density at radius 2 is 1.96 bits per heavy atom. The van der Waals surface area contributed by atoms with Crippen LogP contribution in [0, 0.1) is 6.92 Å². The van der Waals surface area contributed by atoms with Crippen molar-refractivity contribution in [1.29, 1.82) is 0 Å². The zero-order chi connectivity index (χ0) is 19.9. The van der Waals surface area contributed by atoms with Gasteiger partial charge >= 0.3 is 5.97 Å². The molecule has 1 amide bonds. The number of sulfone groups is 1. The quantitative estimate of drug-likeness (QED) is 0.673. The van der Waals surface area contributed by atoms with Crippen LogP contribution in [0.25, 0.3) is 21.7 Å². The van der Waals surface area contributed by atoms with Gasteiger partial charge in [0.25, 0.3) is 5.91 Å². The third-order valence-corrected chi connectivity index (χ3v) is 6.71. The predicted octanol–water partition coefficient (Wildman–Crippen LogP) is 2.35. The van der Waals surface area contributed by atoms with Crippen LogP contribution in [-0.2, 0) is 19.4 Å². The first-order valence-corrected chi connectivity index (χ1v) is 10.7. The van der Waals surface area contributed by atoms with Crippen LogP contribution in [-0.4, -0.2) is 44.4 Å². The zero-order valence-corrected chi connectivity index (χ0v) is 16.0. The molecule has 4 rings (SSSR count). The van der Waals surface area contributed by atoms with Crippen LogP contribution in [0.3, 0.4) is 0 Å². The highest BCUT2D eigenvalue weighted by atomic mass is 32.2. The number of carbonyl (C=O) groups is 2. The number of rotatable bonds is 4. The molecule has 1 aliphatic heterocycles. The number of esters is 1. The van der Waals surface area contributed by atoms with E-state index in [1.54, 1.807) is 6.92 Å². The maximum Gasteiger partial charge on any atom is 0.375 e. The molecule has 0 saturated carbocycles. The van der Waals surface area contributed by atoms with Gasteiger partial charge in [0.05, 0.1) is 11.5 Å². The first kappa shape index (κ1) is 18.5. The highest BCUT2D eigenvalue weighted by Crippen LogP contribution is 2.32. The number of ether oxygens (including phenoxy) is 1. The van der Waals surface area contributed by atoms with Crippen molar-refractivity contribution in [2.75, 3.05) is 18.1 Å². The lowest BCUT2D eigenvalue weighted by Gasteiger charge is -2.10. The lowest BCUT2D eigenvalue weighted by atomic mass is 10.1. The second kappa shape index (κ2) is 6.94. The molecule has 0 radical (unpaired) electrons. The zero-order valence-electron chi connectivity index (χ0n) is 15.2. The van der Waals surface area contributed by atoms with Crippen molar-refractivity contribution in [3.63, 3.8) is 0 Å². The van der Waals surface area contributed by atoms with Gasteiger partial charge in [0.2, 0.25) is 5.76 Å². The molecule has 1 fully saturated rings. The Kier molecular flexibility index (Phi) is 4.58. The summed E-state index contributed by atoms with van der Waals surface area (Å²) in [6.07, 6.45) is 0.373. The summed E-state index contributed by atoms with van der Waals surface area (Å²) >= 11 is 0. The monoisotopic (exact) mass is 401 g/mol. The Labute approximate surface area is 161 Å². The van der Waals surface area contributed by atoms with E-state index in [1.807, 2.05) is 36.4 Å². The van der Waals surface area contributed by atoms with Gasteiger partial charge in [-0.3, -0.25) is 4.79 Å². The first-order chi connectivity index (χ1) is 13.3. The summed E-state index contributed by atoms with van der Waals surface area (Å²) in [7, 11) is -3.09. The van der Waals surface area contributed by atoms with Gasteiger partial charge in [-0.25, -0.2) is 13.2 Å². The minimum Gasteiger partial charge on any atom is -0.450 e. The minimum atomic E-state index is -3.09. The molecule has 1 aromatic heterocycles. The normalized spacial score (nSPS) is 18.4. The van der Waals surface area contributed by atoms with E-state index in [4.69, 9.17) is 9.15 Å². The molecule has 1 N–H and O–H groups in total. The predicted molar refractivity (Wildman–Crippen MR) is 104 cm³/mol. The molecular weight excluding hydrogens is 382 g/mol. The maximum atomic E-state index is 12.4. The summed E-state index contributed by atoms with van der Waals surface area (Å²) in [5, 5.41) is 5.28. The SMILES string of the molecule is Cc1c(C(=O)OCC(=O)N[C@@H]2CCS(=O)(=O)C2)oc2c1ccc1ccccc12. The molecule has 3 aromatic rings. The molecule has 1 atom stereocenters. The smallest absolute Gasteiger partial charge is 0.375 e. The fourth-order valence-corrected chi connectivity index (χ4v) is 5.19. The number of nitrogens with one attached hydrogen (secondary N) is 1. The van der Waals surface area contributed by atoms with Crippen LogP contribution in [0.2, 0.25) is 0 Å². The van der Waals surface area contributed by atoms with E-state index in [9.17, 15) is 18.0 Å². The van der Waals surface area contributed by atoms with Gasteiger partial charge in [-0.15, -0.1) is 0 Å². The van der Waals surface area contributed by atoms with E-state index < -0.39 is 34.4 Å². The van der Waals surface area contributed by atoms with Crippen molar-refractivity contribution in [1.82, 2.24) is 5.32 Å². The van der Waals surface area contributed by atoms with Crippen LogP contribution in [0.5, 0.6) is 0 Å². The van der Waals surface area contributed by atoms with Crippen LogP contribution in [0.4, 0.5) is 0 Å². The van der Waals surface area contributed by atoms with E-state index in [0.29, 0.717) is 17.6 Å². The van der Waals surface area contributed by atoms with Crippen molar-refractivity contribution in [2.24, 2.45) is 0 Å². The molecule has 0 bridgehead atoms. The lowest BCUT2D eigenvalue weighted by molar-refractivity contribution is -0.124. The first-order valence-electron chi connectivity index (χ1n) is 8.92. The van der Waals surface area contributed by atoms with Gasteiger partial charge in [0.1, 0.15) is 5.58 Å². The molecule has 146 valence electrons. The van der Waals surface area contributed by atoms with Crippen LogP contribution in [0.1, 0.15) is 22.5 Å². The van der Waals surface area contributed by atoms with Crippen molar-refractivity contribution < 1.29 is 27.2 Å². The Balaban J connectivity index is 1.47. The van der Waals surface area contributed by atoms with Crippen molar-refractivity contribution in [3.8, 4) is 0 Å². The molecule has 0 unspecified atom stereocenters. The highest BCUT2D eigenvalue weighted by Gasteiger charge is 2.29. The Morgan fingerprint density at radius 3 is 2.71 bits per heavy atom. The highest BCUT2D eigenvalue weighted by molar-refractivity contribution is 7.91. The number of benzene rings is 2. The maximum absolute atomic E-state index is 12.4. The average molecular weight is 401 g/mol. The number of aryl methyl sites for hydroxylation is 1. The molecule has 2 aromatic carbocycles. The number of amides is 1. The summed E-state index contributed by atoms with van der Waals surface area (Å²) in [6, 6.07) is 11.1. The topological polar surface area (TPSA) is 103 Å². The largest absolute Gasteiger partial charge is 0.450 e. The Morgan fingerprint density at radius 1 is 1.18 bits per heavy atom. The third kappa shape index (κ3) is 3.47. The van der Waals surface area contributed by atoms with Crippen molar-refractivity contribution >= 4 is 43.5 Å². The number of hydrogen-bond donors (Lipinski definition) is 1. The second-order valence-corrected chi connectivity index (χ2v) is 9.19. The molecular formula is C20H19NO6S. The number of fused-ring (bicyclic) bond motifs is 3. The summed E-state index contributed by atoms with van der Waals surface area (Å²) in [4.78, 5) is 24.4. The standard InChI is InChI=1S/C20H19NO6S/c1-12-15-7-6-13-4-2-3-5-16(13)19(15)27-18(12)20(23)26-10-17(22)21-14-8-9-28(24,25)11-14/h2-7,14H,8-11H2,1H3,(H,21,22)/t14-/m1/s1. The second-order valence-electron chi connectivity index (χ2n) is 6.96. The van der Waals surface area contributed by atoms with Gasteiger partial charge in [0.15, 0.2) is 16.4 Å². The molecule has 0 spiro atoms. The Hall–Kier alpha value is -2.87. The van der Waals surface area contributed by atoms with E-state index in [0.717, 1.165) is 16.2 Å².